The number of hydrogen-bond donors (Lipinski definition) is 1. The van der Waals surface area contributed by atoms with Gasteiger partial charge < -0.3 is 14.8 Å². The van der Waals surface area contributed by atoms with Crippen LogP contribution >= 0.6 is 0 Å². The molecular formula is C18H27N3O5S. The summed E-state index contributed by atoms with van der Waals surface area (Å²) in [5.74, 6) is 1.01. The Morgan fingerprint density at radius 3 is 2.48 bits per heavy atom. The van der Waals surface area contributed by atoms with Crippen molar-refractivity contribution >= 4 is 15.9 Å². The van der Waals surface area contributed by atoms with Crippen molar-refractivity contribution in [3.05, 3.63) is 18.2 Å². The molecule has 1 saturated heterocycles. The average Bonchev–Trinajstić information content (AvgIpc) is 2.71. The number of amides is 1. The minimum atomic E-state index is -3.61. The third-order valence-corrected chi connectivity index (χ3v) is 6.80. The van der Waals surface area contributed by atoms with Crippen LogP contribution in [0.5, 0.6) is 11.5 Å². The van der Waals surface area contributed by atoms with Crippen molar-refractivity contribution in [2.75, 3.05) is 45.9 Å². The van der Waals surface area contributed by atoms with Crippen LogP contribution in [0, 0.1) is 0 Å². The molecular weight excluding hydrogens is 370 g/mol. The van der Waals surface area contributed by atoms with Crippen molar-refractivity contribution in [3.8, 4) is 11.5 Å². The Labute approximate surface area is 160 Å². The Hall–Kier alpha value is -1.84. The van der Waals surface area contributed by atoms with Gasteiger partial charge in [0.2, 0.25) is 15.9 Å². The molecule has 0 bridgehead atoms. The lowest BCUT2D eigenvalue weighted by atomic mass is 10.2. The largest absolute Gasteiger partial charge is 0.486 e. The van der Waals surface area contributed by atoms with E-state index >= 15 is 0 Å². The number of nitrogens with one attached hydrogen (secondary N) is 1. The molecule has 27 heavy (non-hydrogen) atoms. The summed E-state index contributed by atoms with van der Waals surface area (Å²) in [6.45, 7) is 7.13. The Balaban J connectivity index is 1.64. The first-order chi connectivity index (χ1) is 12.9. The number of fused-ring (bicyclic) bond motifs is 1. The maximum Gasteiger partial charge on any atom is 0.243 e. The van der Waals surface area contributed by atoms with E-state index < -0.39 is 10.0 Å². The second-order valence-electron chi connectivity index (χ2n) is 6.71. The van der Waals surface area contributed by atoms with E-state index in [2.05, 4.69) is 5.32 Å². The second kappa shape index (κ2) is 8.45. The highest BCUT2D eigenvalue weighted by Crippen LogP contribution is 2.33. The van der Waals surface area contributed by atoms with Crippen molar-refractivity contribution < 1.29 is 22.7 Å². The van der Waals surface area contributed by atoms with E-state index in [4.69, 9.17) is 9.47 Å². The van der Waals surface area contributed by atoms with E-state index in [1.54, 1.807) is 12.1 Å². The molecule has 0 spiro atoms. The summed E-state index contributed by atoms with van der Waals surface area (Å²) in [6.07, 6.45) is 0.889. The fraction of sp³-hybridized carbons (Fsp3) is 0.611. The molecule has 2 aliphatic heterocycles. The zero-order valence-corrected chi connectivity index (χ0v) is 16.6. The van der Waals surface area contributed by atoms with Crippen molar-refractivity contribution in [3.63, 3.8) is 0 Å². The number of rotatable bonds is 6. The first-order valence-electron chi connectivity index (χ1n) is 9.35. The molecule has 1 aromatic carbocycles. The van der Waals surface area contributed by atoms with Gasteiger partial charge in [0.15, 0.2) is 11.5 Å². The molecule has 0 aliphatic carbocycles. The molecule has 1 atom stereocenters. The van der Waals surface area contributed by atoms with E-state index in [1.165, 1.54) is 10.4 Å². The van der Waals surface area contributed by atoms with Gasteiger partial charge in [-0.05, 0) is 25.5 Å². The molecule has 150 valence electrons. The van der Waals surface area contributed by atoms with Crippen LogP contribution < -0.4 is 14.8 Å². The van der Waals surface area contributed by atoms with E-state index in [0.29, 0.717) is 57.4 Å². The van der Waals surface area contributed by atoms with Crippen molar-refractivity contribution in [1.29, 1.82) is 0 Å². The Morgan fingerprint density at radius 1 is 1.15 bits per heavy atom. The quantitative estimate of drug-likeness (QED) is 0.760. The van der Waals surface area contributed by atoms with E-state index in [-0.39, 0.29) is 16.8 Å². The normalized spacial score (nSPS) is 19.5. The van der Waals surface area contributed by atoms with Crippen molar-refractivity contribution in [2.24, 2.45) is 0 Å². The Kier molecular flexibility index (Phi) is 6.23. The van der Waals surface area contributed by atoms with Gasteiger partial charge in [-0.3, -0.25) is 9.69 Å². The number of ether oxygens (including phenoxy) is 2. The van der Waals surface area contributed by atoms with Crippen molar-refractivity contribution in [1.82, 2.24) is 14.5 Å². The highest BCUT2D eigenvalue weighted by molar-refractivity contribution is 7.89. The Bertz CT molecular complexity index is 775. The molecule has 0 unspecified atom stereocenters. The average molecular weight is 397 g/mol. The van der Waals surface area contributed by atoms with Crippen LogP contribution in [0.4, 0.5) is 0 Å². The fourth-order valence-electron chi connectivity index (χ4n) is 3.23. The number of nitrogens with zero attached hydrogens (tertiary/aromatic N) is 2. The van der Waals surface area contributed by atoms with Gasteiger partial charge in [-0.2, -0.15) is 4.31 Å². The monoisotopic (exact) mass is 397 g/mol. The number of piperazine rings is 1. The summed E-state index contributed by atoms with van der Waals surface area (Å²) in [7, 11) is -3.61. The van der Waals surface area contributed by atoms with Gasteiger partial charge >= 0.3 is 0 Å². The van der Waals surface area contributed by atoms with Crippen LogP contribution in [0.25, 0.3) is 0 Å². The van der Waals surface area contributed by atoms with Crippen LogP contribution in [0.1, 0.15) is 20.3 Å². The smallest absolute Gasteiger partial charge is 0.243 e. The van der Waals surface area contributed by atoms with Gasteiger partial charge in [-0.15, -0.1) is 0 Å². The molecule has 0 saturated carbocycles. The topological polar surface area (TPSA) is 88.2 Å². The van der Waals surface area contributed by atoms with E-state index in [1.807, 2.05) is 18.7 Å². The first-order valence-corrected chi connectivity index (χ1v) is 10.8. The fourth-order valence-corrected chi connectivity index (χ4v) is 4.66. The lowest BCUT2D eigenvalue weighted by molar-refractivity contribution is -0.126. The third-order valence-electron chi connectivity index (χ3n) is 4.90. The van der Waals surface area contributed by atoms with Crippen LogP contribution in [-0.2, 0) is 14.8 Å². The highest BCUT2D eigenvalue weighted by atomic mass is 32.2. The van der Waals surface area contributed by atoms with Crippen LogP contribution in [-0.4, -0.2) is 75.5 Å². The van der Waals surface area contributed by atoms with Gasteiger partial charge in [0, 0.05) is 38.8 Å². The maximum absolute atomic E-state index is 13.0. The molecule has 9 heteroatoms. The molecule has 1 amide bonds. The van der Waals surface area contributed by atoms with Gasteiger partial charge in [-0.1, -0.05) is 6.92 Å². The van der Waals surface area contributed by atoms with Gasteiger partial charge in [-0.25, -0.2) is 8.42 Å². The third kappa shape index (κ3) is 4.36. The van der Waals surface area contributed by atoms with Gasteiger partial charge in [0.25, 0.3) is 0 Å². The lowest BCUT2D eigenvalue weighted by Gasteiger charge is -2.36. The molecule has 2 aliphatic rings. The first kappa shape index (κ1) is 19.9. The van der Waals surface area contributed by atoms with Crippen LogP contribution in [0.3, 0.4) is 0 Å². The lowest BCUT2D eigenvalue weighted by Crippen LogP contribution is -2.54. The zero-order chi connectivity index (χ0) is 19.4. The molecule has 1 N–H and O–H groups in total. The summed E-state index contributed by atoms with van der Waals surface area (Å²) in [6, 6.07) is 4.45. The molecule has 1 fully saturated rings. The molecule has 0 radical (unpaired) electrons. The summed E-state index contributed by atoms with van der Waals surface area (Å²) in [4.78, 5) is 14.3. The summed E-state index contributed by atoms with van der Waals surface area (Å²) in [5.41, 5.74) is 0. The number of sulfonamides is 1. The summed E-state index contributed by atoms with van der Waals surface area (Å²) >= 11 is 0. The van der Waals surface area contributed by atoms with Crippen molar-refractivity contribution in [2.45, 2.75) is 31.2 Å². The predicted molar refractivity (Wildman–Crippen MR) is 101 cm³/mol. The number of carbonyl (C=O) groups is 1. The molecule has 1 aromatic rings. The molecule has 8 nitrogen and oxygen atoms in total. The predicted octanol–water partition coefficient (Wildman–Crippen LogP) is 0.679. The number of benzene rings is 1. The van der Waals surface area contributed by atoms with Crippen LogP contribution in [0.15, 0.2) is 23.1 Å². The molecule has 3 rings (SSSR count). The number of carbonyl (C=O) groups excluding carboxylic acids is 1. The minimum Gasteiger partial charge on any atom is -0.486 e. The summed E-state index contributed by atoms with van der Waals surface area (Å²) in [5, 5.41) is 2.89. The maximum atomic E-state index is 13.0. The Morgan fingerprint density at radius 2 is 1.81 bits per heavy atom. The SMILES string of the molecule is CCCNC(=O)[C@H](C)N1CCN(S(=O)(=O)c2ccc3c(c2)OCCO3)CC1. The molecule has 0 aromatic heterocycles. The van der Waals surface area contributed by atoms with Gasteiger partial charge in [0.05, 0.1) is 10.9 Å². The second-order valence-corrected chi connectivity index (χ2v) is 8.65. The summed E-state index contributed by atoms with van der Waals surface area (Å²) < 4.78 is 38.3. The highest BCUT2D eigenvalue weighted by Gasteiger charge is 2.32. The standard InChI is InChI=1S/C18H27N3O5S/c1-3-6-19-18(22)14(2)20-7-9-21(10-8-20)27(23,24)15-4-5-16-17(13-15)26-12-11-25-16/h4-5,13-14H,3,6-12H2,1-2H3,(H,19,22)/t14-/m0/s1. The minimum absolute atomic E-state index is 0.0139. The van der Waals surface area contributed by atoms with Gasteiger partial charge in [0.1, 0.15) is 13.2 Å². The van der Waals surface area contributed by atoms with E-state index in [9.17, 15) is 13.2 Å². The van der Waals surface area contributed by atoms with Crippen LogP contribution in [0.2, 0.25) is 0 Å². The van der Waals surface area contributed by atoms with E-state index in [0.717, 1.165) is 6.42 Å². The molecule has 2 heterocycles. The zero-order valence-electron chi connectivity index (χ0n) is 15.8. The number of hydrogen-bond acceptors (Lipinski definition) is 6.